The monoisotopic (exact) mass is 317 g/mol. The van der Waals surface area contributed by atoms with Gasteiger partial charge in [0.05, 0.1) is 18.6 Å². The zero-order valence-electron chi connectivity index (χ0n) is 13.8. The third-order valence-corrected chi connectivity index (χ3v) is 4.77. The second-order valence-corrected chi connectivity index (χ2v) is 6.57. The van der Waals surface area contributed by atoms with E-state index >= 15 is 0 Å². The minimum absolute atomic E-state index is 0.0700. The number of carbonyl (C=O) groups excluding carboxylic acids is 1. The van der Waals surface area contributed by atoms with Crippen molar-refractivity contribution in [3.8, 4) is 0 Å². The number of nitrogens with zero attached hydrogens (tertiary/aromatic N) is 1. The van der Waals surface area contributed by atoms with Crippen molar-refractivity contribution in [1.82, 2.24) is 4.90 Å². The standard InChI is InChI=1S/C19H27NO3/c21-19(17-9-5-12-22-15-17)20-11-10-18(14-20)23-13-4-8-16-6-2-1-3-7-16/h1-3,6-7,17-18H,4-5,8-15H2/t17-,18+/m0/s1. The number of ether oxygens (including phenoxy) is 2. The summed E-state index contributed by atoms with van der Waals surface area (Å²) in [5.74, 6) is 0.334. The topological polar surface area (TPSA) is 38.8 Å². The summed E-state index contributed by atoms with van der Waals surface area (Å²) in [6.45, 7) is 3.75. The fourth-order valence-corrected chi connectivity index (χ4v) is 3.43. The number of hydrogen-bond acceptors (Lipinski definition) is 3. The second-order valence-electron chi connectivity index (χ2n) is 6.57. The molecule has 2 fully saturated rings. The Bertz CT molecular complexity index is 485. The molecule has 2 saturated heterocycles. The summed E-state index contributed by atoms with van der Waals surface area (Å²) in [5, 5.41) is 0. The summed E-state index contributed by atoms with van der Waals surface area (Å²) < 4.78 is 11.4. The smallest absolute Gasteiger partial charge is 0.228 e. The quantitative estimate of drug-likeness (QED) is 0.757. The van der Waals surface area contributed by atoms with Gasteiger partial charge in [-0.25, -0.2) is 0 Å². The molecule has 0 aliphatic carbocycles. The van der Waals surface area contributed by atoms with Crippen molar-refractivity contribution in [3.05, 3.63) is 35.9 Å². The summed E-state index contributed by atoms with van der Waals surface area (Å²) in [7, 11) is 0. The first-order chi connectivity index (χ1) is 11.3. The lowest BCUT2D eigenvalue weighted by atomic mass is 10.0. The molecule has 2 aliphatic rings. The average molecular weight is 317 g/mol. The number of carbonyl (C=O) groups is 1. The molecule has 2 atom stereocenters. The van der Waals surface area contributed by atoms with Crippen LogP contribution in [-0.4, -0.2) is 49.8 Å². The van der Waals surface area contributed by atoms with Crippen LogP contribution in [0, 0.1) is 5.92 Å². The van der Waals surface area contributed by atoms with Crippen LogP contribution in [0.4, 0.5) is 0 Å². The Hall–Kier alpha value is -1.39. The molecule has 0 bridgehead atoms. The zero-order chi connectivity index (χ0) is 15.9. The van der Waals surface area contributed by atoms with E-state index in [4.69, 9.17) is 9.47 Å². The minimum atomic E-state index is 0.0700. The fourth-order valence-electron chi connectivity index (χ4n) is 3.43. The predicted molar refractivity (Wildman–Crippen MR) is 89.2 cm³/mol. The highest BCUT2D eigenvalue weighted by Gasteiger charge is 2.32. The first kappa shape index (κ1) is 16.5. The number of amides is 1. The van der Waals surface area contributed by atoms with Gasteiger partial charge >= 0.3 is 0 Å². The normalized spacial score (nSPS) is 24.8. The summed E-state index contributed by atoms with van der Waals surface area (Å²) in [6, 6.07) is 10.5. The van der Waals surface area contributed by atoms with E-state index in [0.717, 1.165) is 58.4 Å². The molecule has 2 heterocycles. The van der Waals surface area contributed by atoms with Crippen LogP contribution in [0.15, 0.2) is 30.3 Å². The van der Waals surface area contributed by atoms with Gasteiger partial charge in [-0.2, -0.15) is 0 Å². The van der Waals surface area contributed by atoms with Crippen LogP contribution in [0.1, 0.15) is 31.2 Å². The molecule has 0 N–H and O–H groups in total. The average Bonchev–Trinajstić information content (AvgIpc) is 3.09. The molecule has 4 nitrogen and oxygen atoms in total. The second kappa shape index (κ2) is 8.46. The van der Waals surface area contributed by atoms with Gasteiger partial charge in [-0.1, -0.05) is 30.3 Å². The number of likely N-dealkylation sites (tertiary alicyclic amines) is 1. The SMILES string of the molecule is O=C([C@H]1CCCOC1)N1CC[C@@H](OCCCc2ccccc2)C1. The Morgan fingerprint density at radius 3 is 2.91 bits per heavy atom. The van der Waals surface area contributed by atoms with Crippen LogP contribution in [0.25, 0.3) is 0 Å². The highest BCUT2D eigenvalue weighted by molar-refractivity contribution is 5.79. The van der Waals surface area contributed by atoms with Crippen molar-refractivity contribution in [3.63, 3.8) is 0 Å². The van der Waals surface area contributed by atoms with Gasteiger partial charge in [0.25, 0.3) is 0 Å². The Morgan fingerprint density at radius 2 is 2.13 bits per heavy atom. The van der Waals surface area contributed by atoms with Crippen LogP contribution in [0.3, 0.4) is 0 Å². The van der Waals surface area contributed by atoms with E-state index in [1.54, 1.807) is 0 Å². The van der Waals surface area contributed by atoms with E-state index in [0.29, 0.717) is 6.61 Å². The van der Waals surface area contributed by atoms with E-state index in [-0.39, 0.29) is 17.9 Å². The van der Waals surface area contributed by atoms with Crippen molar-refractivity contribution in [1.29, 1.82) is 0 Å². The van der Waals surface area contributed by atoms with Crippen molar-refractivity contribution < 1.29 is 14.3 Å². The Labute approximate surface area is 138 Å². The number of benzene rings is 1. The van der Waals surface area contributed by atoms with Crippen molar-refractivity contribution in [2.45, 2.75) is 38.2 Å². The lowest BCUT2D eigenvalue weighted by Gasteiger charge is -2.26. The van der Waals surface area contributed by atoms with Gasteiger partial charge in [0.2, 0.25) is 5.91 Å². The molecule has 2 aliphatic heterocycles. The maximum Gasteiger partial charge on any atom is 0.228 e. The highest BCUT2D eigenvalue weighted by atomic mass is 16.5. The molecular weight excluding hydrogens is 290 g/mol. The third-order valence-electron chi connectivity index (χ3n) is 4.77. The summed E-state index contributed by atoms with van der Waals surface area (Å²) >= 11 is 0. The molecule has 0 unspecified atom stereocenters. The predicted octanol–water partition coefficient (Wildman–Crippen LogP) is 2.66. The molecule has 0 aromatic heterocycles. The fraction of sp³-hybridized carbons (Fsp3) is 0.632. The largest absolute Gasteiger partial charge is 0.381 e. The van der Waals surface area contributed by atoms with Crippen LogP contribution >= 0.6 is 0 Å². The third kappa shape index (κ3) is 4.79. The van der Waals surface area contributed by atoms with E-state index in [2.05, 4.69) is 24.3 Å². The molecular formula is C19H27NO3. The van der Waals surface area contributed by atoms with Crippen molar-refractivity contribution in [2.75, 3.05) is 32.9 Å². The molecule has 3 rings (SSSR count). The lowest BCUT2D eigenvalue weighted by Crippen LogP contribution is -2.38. The molecule has 0 saturated carbocycles. The number of aryl methyl sites for hydroxylation is 1. The van der Waals surface area contributed by atoms with Crippen LogP contribution in [-0.2, 0) is 20.7 Å². The molecule has 1 aromatic rings. The molecule has 4 heteroatoms. The maximum absolute atomic E-state index is 12.5. The van der Waals surface area contributed by atoms with Crippen molar-refractivity contribution in [2.24, 2.45) is 5.92 Å². The maximum atomic E-state index is 12.5. The number of hydrogen-bond donors (Lipinski definition) is 0. The highest BCUT2D eigenvalue weighted by Crippen LogP contribution is 2.21. The lowest BCUT2D eigenvalue weighted by molar-refractivity contribution is -0.139. The zero-order valence-corrected chi connectivity index (χ0v) is 13.8. The van der Waals surface area contributed by atoms with E-state index in [1.807, 2.05) is 11.0 Å². The van der Waals surface area contributed by atoms with E-state index in [1.165, 1.54) is 5.56 Å². The minimum Gasteiger partial charge on any atom is -0.381 e. The van der Waals surface area contributed by atoms with Crippen molar-refractivity contribution >= 4 is 5.91 Å². The van der Waals surface area contributed by atoms with Crippen LogP contribution < -0.4 is 0 Å². The Balaban J connectivity index is 1.34. The van der Waals surface area contributed by atoms with E-state index < -0.39 is 0 Å². The first-order valence-electron chi connectivity index (χ1n) is 8.85. The summed E-state index contributed by atoms with van der Waals surface area (Å²) in [4.78, 5) is 14.4. The molecule has 23 heavy (non-hydrogen) atoms. The number of rotatable bonds is 6. The summed E-state index contributed by atoms with van der Waals surface area (Å²) in [6.07, 6.45) is 5.23. The van der Waals surface area contributed by atoms with Crippen LogP contribution in [0.5, 0.6) is 0 Å². The van der Waals surface area contributed by atoms with Gasteiger partial charge < -0.3 is 14.4 Å². The molecule has 126 valence electrons. The van der Waals surface area contributed by atoms with Crippen LogP contribution in [0.2, 0.25) is 0 Å². The van der Waals surface area contributed by atoms with Gasteiger partial charge in [-0.3, -0.25) is 4.79 Å². The van der Waals surface area contributed by atoms with Gasteiger partial charge in [0, 0.05) is 26.3 Å². The Kier molecular flexibility index (Phi) is 6.06. The molecule has 0 radical (unpaired) electrons. The Morgan fingerprint density at radius 1 is 1.26 bits per heavy atom. The molecule has 1 amide bonds. The van der Waals surface area contributed by atoms with Gasteiger partial charge in [-0.15, -0.1) is 0 Å². The van der Waals surface area contributed by atoms with Gasteiger partial charge in [-0.05, 0) is 37.7 Å². The van der Waals surface area contributed by atoms with Gasteiger partial charge in [0.15, 0.2) is 0 Å². The van der Waals surface area contributed by atoms with Gasteiger partial charge in [0.1, 0.15) is 0 Å². The van der Waals surface area contributed by atoms with E-state index in [9.17, 15) is 4.79 Å². The first-order valence-corrected chi connectivity index (χ1v) is 8.85. The molecule has 1 aromatic carbocycles. The summed E-state index contributed by atoms with van der Waals surface area (Å²) in [5.41, 5.74) is 1.36. The molecule has 0 spiro atoms.